The van der Waals surface area contributed by atoms with Crippen molar-refractivity contribution in [3.63, 3.8) is 0 Å². The summed E-state index contributed by atoms with van der Waals surface area (Å²) in [5.74, 6) is -0.0677. The number of carbonyl (C=O) groups is 2. The maximum Gasteiger partial charge on any atom is 0.268 e. The molecule has 2 amide bonds. The van der Waals surface area contributed by atoms with Crippen molar-refractivity contribution < 1.29 is 14.3 Å². The van der Waals surface area contributed by atoms with E-state index in [0.717, 1.165) is 10.0 Å². The van der Waals surface area contributed by atoms with Crippen LogP contribution in [0.3, 0.4) is 0 Å². The van der Waals surface area contributed by atoms with Crippen LogP contribution in [0.2, 0.25) is 0 Å². The number of hydrogen-bond donors (Lipinski definition) is 2. The van der Waals surface area contributed by atoms with Crippen molar-refractivity contribution in [1.29, 1.82) is 0 Å². The van der Waals surface area contributed by atoms with Gasteiger partial charge in [0.05, 0.1) is 7.11 Å². The van der Waals surface area contributed by atoms with Crippen LogP contribution in [0, 0.1) is 0 Å². The molecule has 2 rings (SSSR count). The van der Waals surface area contributed by atoms with Crippen LogP contribution in [-0.4, -0.2) is 25.5 Å². The van der Waals surface area contributed by atoms with E-state index in [2.05, 4.69) is 33.1 Å². The zero-order valence-corrected chi connectivity index (χ0v) is 15.9. The van der Waals surface area contributed by atoms with Gasteiger partial charge >= 0.3 is 0 Å². The number of benzene rings is 2. The number of halogens is 1. The first-order valence-electron chi connectivity index (χ1n) is 7.85. The van der Waals surface area contributed by atoms with E-state index in [9.17, 15) is 9.59 Å². The molecule has 2 aromatic carbocycles. The van der Waals surface area contributed by atoms with Gasteiger partial charge in [-0.3, -0.25) is 9.59 Å². The number of rotatable bonds is 7. The number of nitrogens with one attached hydrogen (secondary N) is 2. The zero-order valence-electron chi connectivity index (χ0n) is 14.3. The summed E-state index contributed by atoms with van der Waals surface area (Å²) in [5.41, 5.74) is 1.34. The standard InChI is InChI=1S/C20H19BrN2O3/c1-3-11-22-20(25)18(12-14-7-9-17(26-2)10-8-14)23-19(24)15-5-4-6-16(21)13-15/h3-10,12-13H,1,11H2,2H3,(H,22,25)(H,23,24). The van der Waals surface area contributed by atoms with Crippen molar-refractivity contribution in [3.8, 4) is 5.75 Å². The predicted octanol–water partition coefficient (Wildman–Crippen LogP) is 3.53. The molecule has 5 nitrogen and oxygen atoms in total. The SMILES string of the molecule is C=CCNC(=O)C(=Cc1ccc(OC)cc1)NC(=O)c1cccc(Br)c1. The van der Waals surface area contributed by atoms with Gasteiger partial charge in [-0.25, -0.2) is 0 Å². The fraction of sp³-hybridized carbons (Fsp3) is 0.100. The molecule has 0 aliphatic rings. The van der Waals surface area contributed by atoms with Gasteiger partial charge in [-0.2, -0.15) is 0 Å². The summed E-state index contributed by atoms with van der Waals surface area (Å²) in [7, 11) is 1.58. The van der Waals surface area contributed by atoms with Gasteiger partial charge in [0.15, 0.2) is 0 Å². The molecule has 0 aliphatic heterocycles. The van der Waals surface area contributed by atoms with Crippen LogP contribution in [0.25, 0.3) is 6.08 Å². The van der Waals surface area contributed by atoms with Gasteiger partial charge in [-0.15, -0.1) is 6.58 Å². The van der Waals surface area contributed by atoms with E-state index in [0.29, 0.717) is 17.9 Å². The van der Waals surface area contributed by atoms with Crippen LogP contribution in [0.1, 0.15) is 15.9 Å². The van der Waals surface area contributed by atoms with Crippen molar-refractivity contribution >= 4 is 33.8 Å². The molecule has 134 valence electrons. The average molecular weight is 415 g/mol. The van der Waals surface area contributed by atoms with E-state index in [1.807, 2.05) is 6.07 Å². The lowest BCUT2D eigenvalue weighted by molar-refractivity contribution is -0.117. The van der Waals surface area contributed by atoms with E-state index in [4.69, 9.17) is 4.74 Å². The van der Waals surface area contributed by atoms with Gasteiger partial charge in [0, 0.05) is 16.6 Å². The molecule has 0 spiro atoms. The molecule has 0 bridgehead atoms. The molecule has 0 aromatic heterocycles. The highest BCUT2D eigenvalue weighted by molar-refractivity contribution is 9.10. The topological polar surface area (TPSA) is 67.4 Å². The Labute approximate surface area is 160 Å². The molecule has 0 aliphatic carbocycles. The molecule has 2 N–H and O–H groups in total. The number of methoxy groups -OCH3 is 1. The van der Waals surface area contributed by atoms with Crippen LogP contribution in [-0.2, 0) is 4.79 Å². The molecule has 0 heterocycles. The van der Waals surface area contributed by atoms with Gasteiger partial charge < -0.3 is 15.4 Å². The lowest BCUT2D eigenvalue weighted by atomic mass is 10.1. The Morgan fingerprint density at radius 2 is 1.92 bits per heavy atom. The molecule has 0 saturated heterocycles. The zero-order chi connectivity index (χ0) is 18.9. The van der Waals surface area contributed by atoms with Crippen LogP contribution < -0.4 is 15.4 Å². The Morgan fingerprint density at radius 1 is 1.19 bits per heavy atom. The largest absolute Gasteiger partial charge is 0.497 e. The average Bonchev–Trinajstić information content (AvgIpc) is 2.66. The Bertz CT molecular complexity index is 829. The van der Waals surface area contributed by atoms with Crippen molar-refractivity contribution in [2.24, 2.45) is 0 Å². The Balaban J connectivity index is 2.27. The van der Waals surface area contributed by atoms with Crippen molar-refractivity contribution in [2.75, 3.05) is 13.7 Å². The summed E-state index contributed by atoms with van der Waals surface area (Å²) in [5, 5.41) is 5.34. The minimum Gasteiger partial charge on any atom is -0.497 e. The van der Waals surface area contributed by atoms with Gasteiger partial charge in [0.25, 0.3) is 11.8 Å². The molecular formula is C20H19BrN2O3. The Kier molecular flexibility index (Phi) is 7.17. The number of ether oxygens (including phenoxy) is 1. The maximum atomic E-state index is 12.5. The number of hydrogen-bond acceptors (Lipinski definition) is 3. The van der Waals surface area contributed by atoms with E-state index >= 15 is 0 Å². The fourth-order valence-corrected chi connectivity index (χ4v) is 2.51. The van der Waals surface area contributed by atoms with E-state index in [1.54, 1.807) is 61.7 Å². The molecule has 26 heavy (non-hydrogen) atoms. The van der Waals surface area contributed by atoms with Crippen LogP contribution in [0.4, 0.5) is 0 Å². The Hall–Kier alpha value is -2.86. The second-order valence-electron chi connectivity index (χ2n) is 5.29. The normalized spacial score (nSPS) is 10.8. The molecular weight excluding hydrogens is 396 g/mol. The first-order chi connectivity index (χ1) is 12.5. The third kappa shape index (κ3) is 5.60. The van der Waals surface area contributed by atoms with E-state index in [-0.39, 0.29) is 11.6 Å². The predicted molar refractivity (Wildman–Crippen MR) is 106 cm³/mol. The summed E-state index contributed by atoms with van der Waals surface area (Å²) < 4.78 is 5.90. The molecule has 0 atom stereocenters. The minimum absolute atomic E-state index is 0.141. The van der Waals surface area contributed by atoms with Crippen molar-refractivity contribution in [2.45, 2.75) is 0 Å². The second kappa shape index (κ2) is 9.58. The maximum absolute atomic E-state index is 12.5. The van der Waals surface area contributed by atoms with Gasteiger partial charge in [0.2, 0.25) is 0 Å². The van der Waals surface area contributed by atoms with Gasteiger partial charge in [-0.05, 0) is 42.0 Å². The summed E-state index contributed by atoms with van der Waals surface area (Å²) in [6, 6.07) is 14.1. The first kappa shape index (κ1) is 19.5. The second-order valence-corrected chi connectivity index (χ2v) is 6.21. The summed E-state index contributed by atoms with van der Waals surface area (Å²) >= 11 is 3.33. The van der Waals surface area contributed by atoms with E-state index < -0.39 is 5.91 Å². The van der Waals surface area contributed by atoms with Crippen LogP contribution in [0.5, 0.6) is 5.75 Å². The lowest BCUT2D eigenvalue weighted by Gasteiger charge is -2.11. The van der Waals surface area contributed by atoms with Crippen molar-refractivity contribution in [3.05, 3.63) is 82.5 Å². The molecule has 6 heteroatoms. The van der Waals surface area contributed by atoms with Crippen molar-refractivity contribution in [1.82, 2.24) is 10.6 Å². The molecule has 0 radical (unpaired) electrons. The fourth-order valence-electron chi connectivity index (χ4n) is 2.11. The van der Waals surface area contributed by atoms with Gasteiger partial charge in [0.1, 0.15) is 11.4 Å². The lowest BCUT2D eigenvalue weighted by Crippen LogP contribution is -2.34. The number of amides is 2. The minimum atomic E-state index is -0.399. The smallest absolute Gasteiger partial charge is 0.268 e. The molecule has 2 aromatic rings. The third-order valence-electron chi connectivity index (χ3n) is 3.41. The monoisotopic (exact) mass is 414 g/mol. The molecule has 0 saturated carbocycles. The van der Waals surface area contributed by atoms with Crippen LogP contribution >= 0.6 is 15.9 Å². The molecule has 0 unspecified atom stereocenters. The van der Waals surface area contributed by atoms with E-state index in [1.165, 1.54) is 0 Å². The summed E-state index contributed by atoms with van der Waals surface area (Å²) in [6.07, 6.45) is 3.17. The highest BCUT2D eigenvalue weighted by Gasteiger charge is 2.14. The highest BCUT2D eigenvalue weighted by Crippen LogP contribution is 2.15. The summed E-state index contributed by atoms with van der Waals surface area (Å²) in [4.78, 5) is 24.9. The third-order valence-corrected chi connectivity index (χ3v) is 3.91. The highest BCUT2D eigenvalue weighted by atomic mass is 79.9. The quantitative estimate of drug-likeness (QED) is 0.537. The Morgan fingerprint density at radius 3 is 2.54 bits per heavy atom. The van der Waals surface area contributed by atoms with Crippen LogP contribution in [0.15, 0.2) is 71.4 Å². The van der Waals surface area contributed by atoms with Gasteiger partial charge in [-0.1, -0.05) is 40.2 Å². The number of carbonyl (C=O) groups excluding carboxylic acids is 2. The summed E-state index contributed by atoms with van der Waals surface area (Å²) in [6.45, 7) is 3.87. The first-order valence-corrected chi connectivity index (χ1v) is 8.64. The molecule has 0 fully saturated rings.